The fourth-order valence-corrected chi connectivity index (χ4v) is 2.66. The highest BCUT2D eigenvalue weighted by Crippen LogP contribution is 2.23. The smallest absolute Gasteiger partial charge is 0.340 e. The highest BCUT2D eigenvalue weighted by atomic mass is 35.5. The quantitative estimate of drug-likeness (QED) is 0.293. The monoisotopic (exact) mass is 418 g/mol. The van der Waals surface area contributed by atoms with E-state index in [1.807, 2.05) is 6.92 Å². The molecule has 0 bridgehead atoms. The number of anilines is 1. The highest BCUT2D eigenvalue weighted by molar-refractivity contribution is 6.33. The van der Waals surface area contributed by atoms with Crippen LogP contribution in [0.15, 0.2) is 42.5 Å². The number of Topliss-reactive ketones (excluding diaryl/α,β-unsaturated/α-hetero) is 1. The molecule has 152 valence electrons. The maximum absolute atomic E-state index is 12.5. The number of hydrogen-bond donors (Lipinski definition) is 1. The Morgan fingerprint density at radius 2 is 1.83 bits per heavy atom. The molecule has 0 saturated heterocycles. The van der Waals surface area contributed by atoms with Gasteiger partial charge >= 0.3 is 5.97 Å². The molecular weight excluding hydrogens is 400 g/mol. The van der Waals surface area contributed by atoms with Crippen molar-refractivity contribution in [3.63, 3.8) is 0 Å². The molecule has 0 aliphatic carbocycles. The van der Waals surface area contributed by atoms with Crippen LogP contribution in [0.1, 0.15) is 47.4 Å². The zero-order chi connectivity index (χ0) is 21.6. The van der Waals surface area contributed by atoms with Crippen LogP contribution in [0.3, 0.4) is 0 Å². The van der Waals surface area contributed by atoms with Crippen LogP contribution in [-0.4, -0.2) is 28.7 Å². The van der Waals surface area contributed by atoms with Gasteiger partial charge in [0, 0.05) is 29.8 Å². The standard InChI is InChI=1S/C20H19ClN2O6/c1-3-4-18(24)22-14-7-5-13(6-8-14)19(25)12(2)29-20(26)16-11-15(23(27)28)9-10-17(16)21/h5-12H,3-4H2,1-2H3,(H,22,24)/t12-/m1/s1. The summed E-state index contributed by atoms with van der Waals surface area (Å²) < 4.78 is 5.13. The van der Waals surface area contributed by atoms with Gasteiger partial charge in [0.25, 0.3) is 5.69 Å². The summed E-state index contributed by atoms with van der Waals surface area (Å²) in [5.74, 6) is -1.53. The van der Waals surface area contributed by atoms with Crippen LogP contribution in [0.25, 0.3) is 0 Å². The van der Waals surface area contributed by atoms with Crippen molar-refractivity contribution in [3.8, 4) is 0 Å². The Kier molecular flexibility index (Phi) is 7.44. The molecule has 1 amide bonds. The Morgan fingerprint density at radius 3 is 2.41 bits per heavy atom. The summed E-state index contributed by atoms with van der Waals surface area (Å²) in [6, 6.07) is 9.54. The molecule has 0 fully saturated rings. The number of nitrogens with one attached hydrogen (secondary N) is 1. The molecule has 1 N–H and O–H groups in total. The van der Waals surface area contributed by atoms with Crippen LogP contribution in [0.5, 0.6) is 0 Å². The van der Waals surface area contributed by atoms with E-state index in [0.717, 1.165) is 18.6 Å². The minimum absolute atomic E-state index is 0.0209. The maximum Gasteiger partial charge on any atom is 0.340 e. The van der Waals surface area contributed by atoms with Crippen LogP contribution < -0.4 is 5.32 Å². The van der Waals surface area contributed by atoms with E-state index in [1.54, 1.807) is 12.1 Å². The molecule has 2 aromatic rings. The summed E-state index contributed by atoms with van der Waals surface area (Å²) in [6.07, 6.45) is -0.0216. The summed E-state index contributed by atoms with van der Waals surface area (Å²) in [7, 11) is 0. The van der Waals surface area contributed by atoms with Crippen molar-refractivity contribution in [2.24, 2.45) is 0 Å². The van der Waals surface area contributed by atoms with Gasteiger partial charge in [-0.2, -0.15) is 0 Å². The lowest BCUT2D eigenvalue weighted by Gasteiger charge is -2.13. The third-order valence-electron chi connectivity index (χ3n) is 3.96. The predicted octanol–water partition coefficient (Wildman–Crippen LogP) is 4.42. The average Bonchev–Trinajstić information content (AvgIpc) is 2.68. The van der Waals surface area contributed by atoms with Crippen molar-refractivity contribution in [1.29, 1.82) is 0 Å². The van der Waals surface area contributed by atoms with Crippen molar-refractivity contribution in [2.75, 3.05) is 5.32 Å². The van der Waals surface area contributed by atoms with Gasteiger partial charge in [-0.1, -0.05) is 18.5 Å². The number of carbonyl (C=O) groups is 3. The number of carbonyl (C=O) groups excluding carboxylic acids is 3. The molecule has 0 saturated carbocycles. The number of ether oxygens (including phenoxy) is 1. The second-order valence-electron chi connectivity index (χ2n) is 6.21. The lowest BCUT2D eigenvalue weighted by molar-refractivity contribution is -0.384. The van der Waals surface area contributed by atoms with Crippen molar-refractivity contribution in [2.45, 2.75) is 32.8 Å². The van der Waals surface area contributed by atoms with Gasteiger partial charge < -0.3 is 10.1 Å². The Morgan fingerprint density at radius 1 is 1.17 bits per heavy atom. The number of halogens is 1. The fourth-order valence-electron chi connectivity index (χ4n) is 2.46. The molecule has 2 aromatic carbocycles. The Bertz CT molecular complexity index is 942. The predicted molar refractivity (Wildman–Crippen MR) is 107 cm³/mol. The molecule has 29 heavy (non-hydrogen) atoms. The van der Waals surface area contributed by atoms with Crippen LogP contribution in [-0.2, 0) is 9.53 Å². The number of esters is 1. The van der Waals surface area contributed by atoms with E-state index in [2.05, 4.69) is 5.32 Å². The van der Waals surface area contributed by atoms with Crippen LogP contribution in [0.2, 0.25) is 5.02 Å². The number of hydrogen-bond acceptors (Lipinski definition) is 6. The summed E-state index contributed by atoms with van der Waals surface area (Å²) in [5.41, 5.74) is 0.312. The number of rotatable bonds is 8. The SMILES string of the molecule is CCCC(=O)Nc1ccc(C(=O)[C@@H](C)OC(=O)c2cc([N+](=O)[O-])ccc2Cl)cc1. The Balaban J connectivity index is 2.07. The summed E-state index contributed by atoms with van der Waals surface area (Å²) >= 11 is 5.91. The molecule has 0 heterocycles. The zero-order valence-corrected chi connectivity index (χ0v) is 16.6. The Hall–Kier alpha value is -3.26. The number of nitro benzene ring substituents is 1. The van der Waals surface area contributed by atoms with Crippen LogP contribution in [0, 0.1) is 10.1 Å². The number of ketones is 1. The van der Waals surface area contributed by atoms with Gasteiger partial charge in [0.1, 0.15) is 0 Å². The van der Waals surface area contributed by atoms with Gasteiger partial charge in [-0.05, 0) is 43.7 Å². The van der Waals surface area contributed by atoms with E-state index in [1.165, 1.54) is 25.1 Å². The van der Waals surface area contributed by atoms with Gasteiger partial charge in [0.2, 0.25) is 11.7 Å². The van der Waals surface area contributed by atoms with Crippen molar-refractivity contribution >= 4 is 40.6 Å². The largest absolute Gasteiger partial charge is 0.451 e. The van der Waals surface area contributed by atoms with Crippen LogP contribution >= 0.6 is 11.6 Å². The second-order valence-corrected chi connectivity index (χ2v) is 6.62. The van der Waals surface area contributed by atoms with E-state index < -0.39 is 22.8 Å². The lowest BCUT2D eigenvalue weighted by atomic mass is 10.1. The van der Waals surface area contributed by atoms with Gasteiger partial charge in [0.05, 0.1) is 15.5 Å². The first kappa shape index (κ1) is 22.0. The average molecular weight is 419 g/mol. The molecule has 0 unspecified atom stereocenters. The minimum Gasteiger partial charge on any atom is -0.451 e. The molecule has 0 spiro atoms. The summed E-state index contributed by atoms with van der Waals surface area (Å²) in [6.45, 7) is 3.28. The molecule has 0 aliphatic rings. The zero-order valence-electron chi connectivity index (χ0n) is 15.8. The molecule has 0 radical (unpaired) electrons. The summed E-state index contributed by atoms with van der Waals surface area (Å²) in [5, 5.41) is 13.5. The van der Waals surface area contributed by atoms with E-state index in [-0.39, 0.29) is 27.7 Å². The third-order valence-corrected chi connectivity index (χ3v) is 4.29. The van der Waals surface area contributed by atoms with E-state index >= 15 is 0 Å². The topological polar surface area (TPSA) is 116 Å². The first-order valence-corrected chi connectivity index (χ1v) is 9.19. The first-order chi connectivity index (χ1) is 13.7. The van der Waals surface area contributed by atoms with Crippen molar-refractivity contribution in [1.82, 2.24) is 0 Å². The van der Waals surface area contributed by atoms with Crippen molar-refractivity contribution in [3.05, 3.63) is 68.7 Å². The van der Waals surface area contributed by atoms with Crippen LogP contribution in [0.4, 0.5) is 11.4 Å². The van der Waals surface area contributed by atoms with E-state index in [0.29, 0.717) is 12.1 Å². The number of non-ortho nitro benzene ring substituents is 1. The first-order valence-electron chi connectivity index (χ1n) is 8.82. The van der Waals surface area contributed by atoms with Gasteiger partial charge in [-0.3, -0.25) is 19.7 Å². The van der Waals surface area contributed by atoms with Gasteiger partial charge in [-0.15, -0.1) is 0 Å². The molecule has 0 aromatic heterocycles. The second kappa shape index (κ2) is 9.79. The third kappa shape index (κ3) is 5.86. The molecule has 0 aliphatic heterocycles. The fraction of sp³-hybridized carbons (Fsp3) is 0.250. The summed E-state index contributed by atoms with van der Waals surface area (Å²) in [4.78, 5) is 46.6. The number of amides is 1. The minimum atomic E-state index is -1.14. The van der Waals surface area contributed by atoms with Crippen molar-refractivity contribution < 1.29 is 24.0 Å². The number of nitro groups is 1. The molecule has 2 rings (SSSR count). The maximum atomic E-state index is 12.5. The molecule has 9 heteroatoms. The molecule has 8 nitrogen and oxygen atoms in total. The Labute approximate surface area is 172 Å². The van der Waals surface area contributed by atoms with E-state index in [4.69, 9.17) is 16.3 Å². The number of nitrogens with zero attached hydrogens (tertiary/aromatic N) is 1. The highest BCUT2D eigenvalue weighted by Gasteiger charge is 2.23. The molecular formula is C20H19ClN2O6. The number of benzene rings is 2. The molecule has 1 atom stereocenters. The van der Waals surface area contributed by atoms with Gasteiger partial charge in [-0.25, -0.2) is 4.79 Å². The van der Waals surface area contributed by atoms with Gasteiger partial charge in [0.15, 0.2) is 6.10 Å². The lowest BCUT2D eigenvalue weighted by Crippen LogP contribution is -2.24. The normalized spacial score (nSPS) is 11.4. The van der Waals surface area contributed by atoms with E-state index in [9.17, 15) is 24.5 Å².